The molecule has 0 radical (unpaired) electrons. The zero-order valence-electron chi connectivity index (χ0n) is 12.3. The molecule has 110 valence electrons. The normalized spacial score (nSPS) is 14.2. The molecular weight excluding hydrogens is 276 g/mol. The first-order chi connectivity index (χ1) is 10.7. The Kier molecular flexibility index (Phi) is 2.96. The second kappa shape index (κ2) is 4.98. The zero-order valence-corrected chi connectivity index (χ0v) is 12.3. The predicted molar refractivity (Wildman–Crippen MR) is 85.5 cm³/mol. The van der Waals surface area contributed by atoms with Gasteiger partial charge in [-0.15, -0.1) is 0 Å². The molecule has 0 spiro atoms. The van der Waals surface area contributed by atoms with E-state index >= 15 is 0 Å². The van der Waals surface area contributed by atoms with E-state index in [-0.39, 0.29) is 11.8 Å². The number of rotatable bonds is 3. The summed E-state index contributed by atoms with van der Waals surface area (Å²) < 4.78 is 5.81. The Labute approximate surface area is 128 Å². The highest BCUT2D eigenvalue weighted by Crippen LogP contribution is 2.31. The summed E-state index contributed by atoms with van der Waals surface area (Å²) in [5, 5.41) is 2.93. The third-order valence-electron chi connectivity index (χ3n) is 3.89. The zero-order chi connectivity index (χ0) is 15.1. The Morgan fingerprint density at radius 2 is 1.95 bits per heavy atom. The summed E-state index contributed by atoms with van der Waals surface area (Å²) in [4.78, 5) is 16.2. The van der Waals surface area contributed by atoms with Crippen molar-refractivity contribution in [3.63, 3.8) is 0 Å². The van der Waals surface area contributed by atoms with Gasteiger partial charge in [0.15, 0.2) is 5.58 Å². The highest BCUT2D eigenvalue weighted by Gasteiger charge is 2.29. The molecule has 0 saturated heterocycles. The molecule has 3 aromatic rings. The van der Waals surface area contributed by atoms with E-state index < -0.39 is 0 Å². The Morgan fingerprint density at radius 1 is 1.18 bits per heavy atom. The van der Waals surface area contributed by atoms with E-state index in [0.717, 1.165) is 40.8 Å². The maximum Gasteiger partial charge on any atom is 0.227 e. The minimum atomic E-state index is 0.116. The molecule has 0 atom stereocenters. The highest BCUT2D eigenvalue weighted by atomic mass is 16.3. The van der Waals surface area contributed by atoms with Gasteiger partial charge < -0.3 is 9.73 Å². The standard InChI is InChI=1S/C18H16N2O2/c1-11-2-9-15-16(10-11)22-18(20-15)13-5-7-14(8-6-13)19-17(21)12-3-4-12/h2,5-10,12H,3-4H2,1H3,(H,19,21). The lowest BCUT2D eigenvalue weighted by atomic mass is 10.2. The van der Waals surface area contributed by atoms with Crippen LogP contribution in [0, 0.1) is 12.8 Å². The Bertz CT molecular complexity index is 845. The number of aromatic nitrogens is 1. The number of hydrogen-bond acceptors (Lipinski definition) is 3. The van der Waals surface area contributed by atoms with Gasteiger partial charge in [0.05, 0.1) is 0 Å². The van der Waals surface area contributed by atoms with Gasteiger partial charge in [0.25, 0.3) is 0 Å². The van der Waals surface area contributed by atoms with Crippen LogP contribution in [0.1, 0.15) is 18.4 Å². The van der Waals surface area contributed by atoms with E-state index in [2.05, 4.69) is 10.3 Å². The molecule has 2 aromatic carbocycles. The van der Waals surface area contributed by atoms with Crippen LogP contribution in [0.25, 0.3) is 22.6 Å². The van der Waals surface area contributed by atoms with Gasteiger partial charge >= 0.3 is 0 Å². The fourth-order valence-corrected chi connectivity index (χ4v) is 2.44. The Hall–Kier alpha value is -2.62. The lowest BCUT2D eigenvalue weighted by Gasteiger charge is -2.04. The van der Waals surface area contributed by atoms with Crippen LogP contribution in [-0.2, 0) is 4.79 Å². The molecule has 22 heavy (non-hydrogen) atoms. The number of oxazole rings is 1. The number of nitrogens with one attached hydrogen (secondary N) is 1. The van der Waals surface area contributed by atoms with Crippen LogP contribution in [0.2, 0.25) is 0 Å². The molecular formula is C18H16N2O2. The number of anilines is 1. The molecule has 1 saturated carbocycles. The quantitative estimate of drug-likeness (QED) is 0.789. The maximum absolute atomic E-state index is 11.7. The van der Waals surface area contributed by atoms with Crippen molar-refractivity contribution >= 4 is 22.7 Å². The van der Waals surface area contributed by atoms with E-state index in [4.69, 9.17) is 4.42 Å². The first kappa shape index (κ1) is 13.1. The predicted octanol–water partition coefficient (Wildman–Crippen LogP) is 4.15. The number of fused-ring (bicyclic) bond motifs is 1. The van der Waals surface area contributed by atoms with E-state index in [1.165, 1.54) is 0 Å². The summed E-state index contributed by atoms with van der Waals surface area (Å²) in [5.41, 5.74) is 4.51. The lowest BCUT2D eigenvalue weighted by Crippen LogP contribution is -2.12. The van der Waals surface area contributed by atoms with Crippen molar-refractivity contribution in [2.45, 2.75) is 19.8 Å². The first-order valence-corrected chi connectivity index (χ1v) is 7.47. The minimum Gasteiger partial charge on any atom is -0.436 e. The minimum absolute atomic E-state index is 0.116. The van der Waals surface area contributed by atoms with Crippen LogP contribution in [0.15, 0.2) is 46.9 Å². The van der Waals surface area contributed by atoms with E-state index in [1.807, 2.05) is 49.4 Å². The van der Waals surface area contributed by atoms with Gasteiger partial charge in [-0.2, -0.15) is 0 Å². The van der Waals surface area contributed by atoms with Gasteiger partial charge in [0, 0.05) is 17.2 Å². The monoisotopic (exact) mass is 292 g/mol. The summed E-state index contributed by atoms with van der Waals surface area (Å²) in [5.74, 6) is 0.922. The van der Waals surface area contributed by atoms with Gasteiger partial charge in [-0.25, -0.2) is 4.98 Å². The number of nitrogens with zero attached hydrogens (tertiary/aromatic N) is 1. The molecule has 0 aliphatic heterocycles. The first-order valence-electron chi connectivity index (χ1n) is 7.47. The third kappa shape index (κ3) is 2.48. The van der Waals surface area contributed by atoms with E-state index in [9.17, 15) is 4.79 Å². The largest absolute Gasteiger partial charge is 0.436 e. The SMILES string of the molecule is Cc1ccc2nc(-c3ccc(NC(=O)C4CC4)cc3)oc2c1. The van der Waals surface area contributed by atoms with Crippen LogP contribution in [0.5, 0.6) is 0 Å². The number of benzene rings is 2. The Morgan fingerprint density at radius 3 is 2.68 bits per heavy atom. The summed E-state index contributed by atoms with van der Waals surface area (Å²) in [7, 11) is 0. The Balaban J connectivity index is 1.59. The van der Waals surface area contributed by atoms with Crippen molar-refractivity contribution in [2.75, 3.05) is 5.32 Å². The average molecular weight is 292 g/mol. The molecule has 1 N–H and O–H groups in total. The summed E-state index contributed by atoms with van der Waals surface area (Å²) in [6.07, 6.45) is 2.01. The molecule has 1 amide bonds. The number of amides is 1. The van der Waals surface area contributed by atoms with Crippen LogP contribution in [-0.4, -0.2) is 10.9 Å². The number of carbonyl (C=O) groups is 1. The molecule has 1 aromatic heterocycles. The number of aryl methyl sites for hydroxylation is 1. The van der Waals surface area contributed by atoms with E-state index in [1.54, 1.807) is 0 Å². The highest BCUT2D eigenvalue weighted by molar-refractivity contribution is 5.94. The van der Waals surface area contributed by atoms with Crippen molar-refractivity contribution < 1.29 is 9.21 Å². The van der Waals surface area contributed by atoms with Crippen molar-refractivity contribution in [2.24, 2.45) is 5.92 Å². The number of carbonyl (C=O) groups excluding carboxylic acids is 1. The molecule has 4 nitrogen and oxygen atoms in total. The van der Waals surface area contributed by atoms with Crippen LogP contribution >= 0.6 is 0 Å². The third-order valence-corrected chi connectivity index (χ3v) is 3.89. The molecule has 4 rings (SSSR count). The van der Waals surface area contributed by atoms with Crippen molar-refractivity contribution in [1.82, 2.24) is 4.98 Å². The fraction of sp³-hybridized carbons (Fsp3) is 0.222. The maximum atomic E-state index is 11.7. The summed E-state index contributed by atoms with van der Waals surface area (Å²) >= 11 is 0. The van der Waals surface area contributed by atoms with Gasteiger partial charge in [-0.3, -0.25) is 4.79 Å². The topological polar surface area (TPSA) is 55.1 Å². The van der Waals surface area contributed by atoms with E-state index in [0.29, 0.717) is 5.89 Å². The smallest absolute Gasteiger partial charge is 0.227 e. The molecule has 1 fully saturated rings. The lowest BCUT2D eigenvalue weighted by molar-refractivity contribution is -0.117. The second-order valence-electron chi connectivity index (χ2n) is 5.83. The van der Waals surface area contributed by atoms with Crippen LogP contribution in [0.4, 0.5) is 5.69 Å². The van der Waals surface area contributed by atoms with Gasteiger partial charge in [-0.1, -0.05) is 6.07 Å². The molecule has 1 aliphatic carbocycles. The molecule has 1 aliphatic rings. The van der Waals surface area contributed by atoms with Crippen molar-refractivity contribution in [3.8, 4) is 11.5 Å². The van der Waals surface area contributed by atoms with Crippen LogP contribution < -0.4 is 5.32 Å². The van der Waals surface area contributed by atoms with Gasteiger partial charge in [0.2, 0.25) is 11.8 Å². The van der Waals surface area contributed by atoms with Crippen molar-refractivity contribution in [3.05, 3.63) is 48.0 Å². The molecule has 0 bridgehead atoms. The number of hydrogen-bond donors (Lipinski definition) is 1. The average Bonchev–Trinajstić information content (AvgIpc) is 3.28. The fourth-order valence-electron chi connectivity index (χ4n) is 2.44. The summed E-state index contributed by atoms with van der Waals surface area (Å²) in [6, 6.07) is 13.6. The van der Waals surface area contributed by atoms with Crippen LogP contribution in [0.3, 0.4) is 0 Å². The summed E-state index contributed by atoms with van der Waals surface area (Å²) in [6.45, 7) is 2.03. The van der Waals surface area contributed by atoms with Gasteiger partial charge in [-0.05, 0) is 61.7 Å². The van der Waals surface area contributed by atoms with Crippen molar-refractivity contribution in [1.29, 1.82) is 0 Å². The molecule has 4 heteroatoms. The molecule has 1 heterocycles. The second-order valence-corrected chi connectivity index (χ2v) is 5.83. The molecule has 0 unspecified atom stereocenters. The van der Waals surface area contributed by atoms with Gasteiger partial charge in [0.1, 0.15) is 5.52 Å².